The number of likely N-dealkylation sites (N-methyl/N-ethyl adjacent to an activating group) is 1. The molecular formula is C11H27N3O2. The molecule has 0 aromatic heterocycles. The molecule has 0 spiro atoms. The molecule has 16 heavy (non-hydrogen) atoms. The third-order valence-corrected chi connectivity index (χ3v) is 2.70. The van der Waals surface area contributed by atoms with Gasteiger partial charge < -0.3 is 25.4 Å². The number of nitrogens with zero attached hydrogens (tertiary/aromatic N) is 1. The van der Waals surface area contributed by atoms with Gasteiger partial charge in [-0.1, -0.05) is 0 Å². The van der Waals surface area contributed by atoms with Crippen molar-refractivity contribution in [1.82, 2.24) is 10.2 Å². The lowest BCUT2D eigenvalue weighted by Gasteiger charge is -2.32. The average molecular weight is 233 g/mol. The number of rotatable bonds is 9. The molecular weight excluding hydrogens is 206 g/mol. The maximum Gasteiger partial charge on any atom is 0.158 e. The molecule has 1 unspecified atom stereocenters. The van der Waals surface area contributed by atoms with Gasteiger partial charge in [0.2, 0.25) is 0 Å². The van der Waals surface area contributed by atoms with Gasteiger partial charge in [-0.25, -0.2) is 0 Å². The Morgan fingerprint density at radius 1 is 1.31 bits per heavy atom. The van der Waals surface area contributed by atoms with Crippen LogP contribution in [0, 0.1) is 0 Å². The summed E-state index contributed by atoms with van der Waals surface area (Å²) in [6.07, 6.45) is 0.532. The number of hydrogen-bond donors (Lipinski definition) is 2. The Labute approximate surface area is 99.3 Å². The molecule has 0 saturated heterocycles. The first-order valence-electron chi connectivity index (χ1n) is 5.63. The van der Waals surface area contributed by atoms with Crippen molar-refractivity contribution in [2.45, 2.75) is 25.2 Å². The zero-order valence-corrected chi connectivity index (χ0v) is 11.2. The summed E-state index contributed by atoms with van der Waals surface area (Å²) in [7, 11) is 7.39. The van der Waals surface area contributed by atoms with Crippen LogP contribution in [0.15, 0.2) is 0 Å². The quantitative estimate of drug-likeness (QED) is 0.543. The van der Waals surface area contributed by atoms with Gasteiger partial charge in [0.1, 0.15) is 0 Å². The van der Waals surface area contributed by atoms with E-state index in [0.29, 0.717) is 6.54 Å². The Bertz CT molecular complexity index is 175. The Hall–Kier alpha value is -0.200. The van der Waals surface area contributed by atoms with Crippen LogP contribution in [0.5, 0.6) is 0 Å². The standard InChI is InChI=1S/C11H27N3O2/c1-11(9-12,8-10(15-4)16-5)13-6-7-14(2)3/h10,13H,6-9,12H2,1-5H3. The average Bonchev–Trinajstić information content (AvgIpc) is 2.25. The van der Waals surface area contributed by atoms with Crippen molar-refractivity contribution in [1.29, 1.82) is 0 Å². The zero-order valence-electron chi connectivity index (χ0n) is 11.2. The fourth-order valence-electron chi connectivity index (χ4n) is 1.44. The Morgan fingerprint density at radius 2 is 1.88 bits per heavy atom. The predicted molar refractivity (Wildman–Crippen MR) is 66.4 cm³/mol. The van der Waals surface area contributed by atoms with Gasteiger partial charge >= 0.3 is 0 Å². The Kier molecular flexibility index (Phi) is 7.87. The molecule has 3 N–H and O–H groups in total. The fourth-order valence-corrected chi connectivity index (χ4v) is 1.44. The SMILES string of the molecule is COC(CC(C)(CN)NCCN(C)C)OC. The molecule has 0 aromatic rings. The third kappa shape index (κ3) is 6.40. The normalized spacial score (nSPS) is 15.8. The van der Waals surface area contributed by atoms with Crippen molar-refractivity contribution in [2.24, 2.45) is 5.73 Å². The molecule has 98 valence electrons. The minimum atomic E-state index is -0.208. The monoisotopic (exact) mass is 233 g/mol. The van der Waals surface area contributed by atoms with Gasteiger partial charge in [-0.2, -0.15) is 0 Å². The van der Waals surface area contributed by atoms with Crippen molar-refractivity contribution < 1.29 is 9.47 Å². The van der Waals surface area contributed by atoms with Crippen molar-refractivity contribution in [3.8, 4) is 0 Å². The smallest absolute Gasteiger partial charge is 0.158 e. The Balaban J connectivity index is 4.08. The number of hydrogen-bond acceptors (Lipinski definition) is 5. The summed E-state index contributed by atoms with van der Waals surface area (Å²) >= 11 is 0. The molecule has 0 radical (unpaired) electrons. The van der Waals surface area contributed by atoms with Crippen molar-refractivity contribution in [3.05, 3.63) is 0 Å². The highest BCUT2D eigenvalue weighted by Crippen LogP contribution is 2.13. The van der Waals surface area contributed by atoms with Crippen molar-refractivity contribution in [2.75, 3.05) is 47.9 Å². The summed E-state index contributed by atoms with van der Waals surface area (Å²) in [5, 5.41) is 3.45. The largest absolute Gasteiger partial charge is 0.356 e. The van der Waals surface area contributed by atoms with Gasteiger partial charge in [-0.15, -0.1) is 0 Å². The predicted octanol–water partition coefficient (Wildman–Crippen LogP) is -0.136. The molecule has 5 heteroatoms. The number of ether oxygens (including phenoxy) is 2. The van der Waals surface area contributed by atoms with Crippen LogP contribution in [0.2, 0.25) is 0 Å². The topological polar surface area (TPSA) is 59.8 Å². The van der Waals surface area contributed by atoms with Gasteiger partial charge in [-0.05, 0) is 21.0 Å². The zero-order chi connectivity index (χ0) is 12.6. The van der Waals surface area contributed by atoms with E-state index in [1.165, 1.54) is 0 Å². The molecule has 0 bridgehead atoms. The summed E-state index contributed by atoms with van der Waals surface area (Å²) in [5.41, 5.74) is 5.65. The molecule has 0 aliphatic rings. The lowest BCUT2D eigenvalue weighted by atomic mass is 9.97. The summed E-state index contributed by atoms with van der Waals surface area (Å²) in [6.45, 7) is 4.54. The lowest BCUT2D eigenvalue weighted by molar-refractivity contribution is -0.117. The first-order valence-corrected chi connectivity index (χ1v) is 5.63. The first-order chi connectivity index (χ1) is 7.47. The van der Waals surface area contributed by atoms with Crippen LogP contribution in [-0.2, 0) is 9.47 Å². The second kappa shape index (κ2) is 7.97. The highest BCUT2D eigenvalue weighted by molar-refractivity contribution is 4.85. The van der Waals surface area contributed by atoms with Crippen LogP contribution in [-0.4, -0.2) is 64.7 Å². The van der Waals surface area contributed by atoms with E-state index in [1.54, 1.807) is 14.2 Å². The van der Waals surface area contributed by atoms with Crippen LogP contribution in [0.1, 0.15) is 13.3 Å². The maximum atomic E-state index is 5.79. The molecule has 0 aromatic carbocycles. The third-order valence-electron chi connectivity index (χ3n) is 2.70. The maximum absolute atomic E-state index is 5.79. The number of methoxy groups -OCH3 is 2. The molecule has 5 nitrogen and oxygen atoms in total. The van der Waals surface area contributed by atoms with Gasteiger partial charge in [0.05, 0.1) is 0 Å². The molecule has 0 rings (SSSR count). The van der Waals surface area contributed by atoms with Crippen LogP contribution < -0.4 is 11.1 Å². The summed E-state index contributed by atoms with van der Waals surface area (Å²) in [6, 6.07) is 0. The molecule has 0 heterocycles. The minimum absolute atomic E-state index is 0.146. The number of nitrogens with two attached hydrogens (primary N) is 1. The second-order valence-corrected chi connectivity index (χ2v) is 4.60. The highest BCUT2D eigenvalue weighted by atomic mass is 16.7. The summed E-state index contributed by atoms with van der Waals surface area (Å²) in [5.74, 6) is 0. The highest BCUT2D eigenvalue weighted by Gasteiger charge is 2.26. The number of nitrogens with one attached hydrogen (secondary N) is 1. The molecule has 1 atom stereocenters. The molecule has 0 amide bonds. The molecule has 0 aliphatic carbocycles. The first kappa shape index (κ1) is 15.8. The van der Waals surface area contributed by atoms with Crippen LogP contribution >= 0.6 is 0 Å². The van der Waals surface area contributed by atoms with E-state index < -0.39 is 0 Å². The molecule has 0 aliphatic heterocycles. The van der Waals surface area contributed by atoms with E-state index in [2.05, 4.69) is 31.2 Å². The summed E-state index contributed by atoms with van der Waals surface area (Å²) < 4.78 is 10.4. The van der Waals surface area contributed by atoms with Crippen LogP contribution in [0.4, 0.5) is 0 Å². The summed E-state index contributed by atoms with van der Waals surface area (Å²) in [4.78, 5) is 2.13. The molecule has 0 saturated carbocycles. The van der Waals surface area contributed by atoms with Gasteiger partial charge in [0, 0.05) is 45.8 Å². The van der Waals surface area contributed by atoms with Crippen molar-refractivity contribution in [3.63, 3.8) is 0 Å². The van der Waals surface area contributed by atoms with Crippen LogP contribution in [0.25, 0.3) is 0 Å². The second-order valence-electron chi connectivity index (χ2n) is 4.60. The Morgan fingerprint density at radius 3 is 2.25 bits per heavy atom. The van der Waals surface area contributed by atoms with Gasteiger partial charge in [0.15, 0.2) is 6.29 Å². The fraction of sp³-hybridized carbons (Fsp3) is 1.00. The van der Waals surface area contributed by atoms with Crippen LogP contribution in [0.3, 0.4) is 0 Å². The van der Waals surface area contributed by atoms with Gasteiger partial charge in [0.25, 0.3) is 0 Å². The van der Waals surface area contributed by atoms with E-state index in [-0.39, 0.29) is 11.8 Å². The molecule has 0 fully saturated rings. The lowest BCUT2D eigenvalue weighted by Crippen LogP contribution is -2.52. The van der Waals surface area contributed by atoms with Gasteiger partial charge in [-0.3, -0.25) is 0 Å². The van der Waals surface area contributed by atoms with Crippen molar-refractivity contribution >= 4 is 0 Å². The van der Waals surface area contributed by atoms with E-state index in [9.17, 15) is 0 Å². The van der Waals surface area contributed by atoms with E-state index in [4.69, 9.17) is 15.2 Å². The van der Waals surface area contributed by atoms with E-state index in [1.807, 2.05) is 0 Å². The van der Waals surface area contributed by atoms with E-state index >= 15 is 0 Å². The van der Waals surface area contributed by atoms with E-state index in [0.717, 1.165) is 19.5 Å². The minimum Gasteiger partial charge on any atom is -0.356 e.